The standard InChI is InChI=1S/C21H31NO6S/c1-21(2,3)28-20(23)22-13-12-18(29(24,25)16-9-5-4-6-10-16)17(22)15-27-19-11-7-8-14-26-19/h4-6,9-10,17-19H,7-8,11-15H2,1-3H3/t17-,18?,19?/m1/s1. The molecule has 2 heterocycles. The lowest BCUT2D eigenvalue weighted by molar-refractivity contribution is -0.168. The summed E-state index contributed by atoms with van der Waals surface area (Å²) in [7, 11) is -3.62. The smallest absolute Gasteiger partial charge is 0.410 e. The van der Waals surface area contributed by atoms with Gasteiger partial charge in [0.15, 0.2) is 16.1 Å². The minimum absolute atomic E-state index is 0.0979. The topological polar surface area (TPSA) is 82.1 Å². The van der Waals surface area contributed by atoms with Gasteiger partial charge < -0.3 is 19.1 Å². The maximum absolute atomic E-state index is 13.3. The zero-order chi connectivity index (χ0) is 21.1. The lowest BCUT2D eigenvalue weighted by Gasteiger charge is -2.32. The molecule has 8 heteroatoms. The van der Waals surface area contributed by atoms with E-state index >= 15 is 0 Å². The van der Waals surface area contributed by atoms with Gasteiger partial charge >= 0.3 is 6.09 Å². The van der Waals surface area contributed by atoms with Gasteiger partial charge in [-0.1, -0.05) is 18.2 Å². The molecule has 0 bridgehead atoms. The van der Waals surface area contributed by atoms with Gasteiger partial charge in [-0.2, -0.15) is 0 Å². The van der Waals surface area contributed by atoms with E-state index in [1.807, 2.05) is 0 Å². The minimum atomic E-state index is -3.62. The second-order valence-electron chi connectivity index (χ2n) is 8.56. The molecule has 1 amide bonds. The van der Waals surface area contributed by atoms with Crippen LogP contribution >= 0.6 is 0 Å². The average Bonchev–Trinajstić information content (AvgIpc) is 3.11. The fraction of sp³-hybridized carbons (Fsp3) is 0.667. The monoisotopic (exact) mass is 425 g/mol. The van der Waals surface area contributed by atoms with E-state index in [-0.39, 0.29) is 17.8 Å². The highest BCUT2D eigenvalue weighted by molar-refractivity contribution is 7.92. The molecule has 2 fully saturated rings. The first-order valence-electron chi connectivity index (χ1n) is 10.2. The molecule has 2 aliphatic rings. The molecule has 0 aromatic heterocycles. The Morgan fingerprint density at radius 1 is 1.17 bits per heavy atom. The Bertz CT molecular complexity index is 783. The van der Waals surface area contributed by atoms with E-state index in [9.17, 15) is 13.2 Å². The first-order chi connectivity index (χ1) is 13.7. The molecular weight excluding hydrogens is 394 g/mol. The molecule has 2 unspecified atom stereocenters. The minimum Gasteiger partial charge on any atom is -0.444 e. The van der Waals surface area contributed by atoms with Crippen molar-refractivity contribution in [1.29, 1.82) is 0 Å². The molecule has 2 saturated heterocycles. The summed E-state index contributed by atoms with van der Waals surface area (Å²) < 4.78 is 43.6. The molecule has 0 saturated carbocycles. The predicted octanol–water partition coefficient (Wildman–Crippen LogP) is 3.38. The van der Waals surface area contributed by atoms with Gasteiger partial charge in [-0.05, 0) is 58.6 Å². The zero-order valence-corrected chi connectivity index (χ0v) is 18.2. The molecule has 3 rings (SSSR count). The maximum atomic E-state index is 13.3. The van der Waals surface area contributed by atoms with Gasteiger partial charge in [0.05, 0.1) is 22.8 Å². The van der Waals surface area contributed by atoms with Crippen molar-refractivity contribution in [2.75, 3.05) is 19.8 Å². The van der Waals surface area contributed by atoms with Crippen molar-refractivity contribution in [2.45, 2.75) is 74.5 Å². The Morgan fingerprint density at radius 2 is 1.90 bits per heavy atom. The van der Waals surface area contributed by atoms with Crippen molar-refractivity contribution < 1.29 is 27.4 Å². The van der Waals surface area contributed by atoms with Crippen LogP contribution in [0.25, 0.3) is 0 Å². The molecular formula is C21H31NO6S. The lowest BCUT2D eigenvalue weighted by Crippen LogP contribution is -2.47. The SMILES string of the molecule is CC(C)(C)OC(=O)N1CCC(S(=O)(=O)c2ccccc2)[C@H]1COC1CCCCO1. The van der Waals surface area contributed by atoms with Crippen molar-refractivity contribution in [3.8, 4) is 0 Å². The molecule has 0 aliphatic carbocycles. The van der Waals surface area contributed by atoms with Crippen LogP contribution in [0.2, 0.25) is 0 Å². The molecule has 3 atom stereocenters. The molecule has 29 heavy (non-hydrogen) atoms. The predicted molar refractivity (Wildman–Crippen MR) is 108 cm³/mol. The first kappa shape index (κ1) is 22.1. The van der Waals surface area contributed by atoms with Crippen LogP contribution in [0.3, 0.4) is 0 Å². The average molecular weight is 426 g/mol. The Balaban J connectivity index is 1.81. The van der Waals surface area contributed by atoms with E-state index in [1.165, 1.54) is 4.90 Å². The number of amides is 1. The molecule has 0 N–H and O–H groups in total. The second kappa shape index (κ2) is 9.02. The van der Waals surface area contributed by atoms with Crippen LogP contribution in [0, 0.1) is 0 Å². The third-order valence-electron chi connectivity index (χ3n) is 5.17. The van der Waals surface area contributed by atoms with Crippen LogP contribution in [0.5, 0.6) is 0 Å². The summed E-state index contributed by atoms with van der Waals surface area (Å²) in [6.07, 6.45) is 2.26. The zero-order valence-electron chi connectivity index (χ0n) is 17.4. The van der Waals surface area contributed by atoms with E-state index < -0.39 is 32.8 Å². The van der Waals surface area contributed by atoms with Crippen molar-refractivity contribution in [3.05, 3.63) is 30.3 Å². The molecule has 0 radical (unpaired) electrons. The highest BCUT2D eigenvalue weighted by Gasteiger charge is 2.46. The van der Waals surface area contributed by atoms with E-state index in [0.717, 1.165) is 19.3 Å². The van der Waals surface area contributed by atoms with Gasteiger partial charge in [-0.15, -0.1) is 0 Å². The lowest BCUT2D eigenvalue weighted by atomic mass is 10.2. The molecule has 0 spiro atoms. The number of sulfone groups is 1. The second-order valence-corrected chi connectivity index (χ2v) is 10.7. The molecule has 2 aliphatic heterocycles. The van der Waals surface area contributed by atoms with Crippen molar-refractivity contribution in [1.82, 2.24) is 4.90 Å². The summed E-state index contributed by atoms with van der Waals surface area (Å²) in [6.45, 7) is 6.42. The van der Waals surface area contributed by atoms with Gasteiger partial charge in [-0.3, -0.25) is 0 Å². The number of benzene rings is 1. The van der Waals surface area contributed by atoms with Crippen LogP contribution in [0.15, 0.2) is 35.2 Å². The normalized spacial score (nSPS) is 25.8. The summed E-state index contributed by atoms with van der Waals surface area (Å²) in [5.74, 6) is 0. The number of carbonyl (C=O) groups excluding carboxylic acids is 1. The van der Waals surface area contributed by atoms with Crippen LogP contribution in [-0.2, 0) is 24.0 Å². The van der Waals surface area contributed by atoms with Gasteiger partial charge in [0.2, 0.25) is 0 Å². The molecule has 162 valence electrons. The Kier molecular flexibility index (Phi) is 6.86. The third-order valence-corrected chi connectivity index (χ3v) is 7.45. The van der Waals surface area contributed by atoms with Crippen LogP contribution in [0.4, 0.5) is 4.79 Å². The van der Waals surface area contributed by atoms with E-state index in [4.69, 9.17) is 14.2 Å². The van der Waals surface area contributed by atoms with Crippen molar-refractivity contribution in [2.24, 2.45) is 0 Å². The Hall–Kier alpha value is -1.64. The summed E-state index contributed by atoms with van der Waals surface area (Å²) in [5, 5.41) is -0.749. The van der Waals surface area contributed by atoms with Crippen LogP contribution < -0.4 is 0 Å². The van der Waals surface area contributed by atoms with Gasteiger partial charge in [-0.25, -0.2) is 13.2 Å². The number of carbonyl (C=O) groups is 1. The van der Waals surface area contributed by atoms with E-state index in [0.29, 0.717) is 19.6 Å². The fourth-order valence-electron chi connectivity index (χ4n) is 3.77. The van der Waals surface area contributed by atoms with Crippen molar-refractivity contribution in [3.63, 3.8) is 0 Å². The number of ether oxygens (including phenoxy) is 3. The van der Waals surface area contributed by atoms with Gasteiger partial charge in [0.1, 0.15) is 5.60 Å². The third kappa shape index (κ3) is 5.49. The Labute approximate surface area is 173 Å². The number of likely N-dealkylation sites (tertiary alicyclic amines) is 1. The van der Waals surface area contributed by atoms with E-state index in [2.05, 4.69) is 0 Å². The van der Waals surface area contributed by atoms with Gasteiger partial charge in [0, 0.05) is 13.2 Å². The number of hydrogen-bond acceptors (Lipinski definition) is 6. The molecule has 1 aromatic carbocycles. The summed E-state index contributed by atoms with van der Waals surface area (Å²) >= 11 is 0. The molecule has 7 nitrogen and oxygen atoms in total. The van der Waals surface area contributed by atoms with E-state index in [1.54, 1.807) is 51.1 Å². The number of nitrogens with zero attached hydrogens (tertiary/aromatic N) is 1. The highest BCUT2D eigenvalue weighted by Crippen LogP contribution is 2.31. The number of rotatable bonds is 5. The quantitative estimate of drug-likeness (QED) is 0.719. The highest BCUT2D eigenvalue weighted by atomic mass is 32.2. The fourth-order valence-corrected chi connectivity index (χ4v) is 5.71. The van der Waals surface area contributed by atoms with Crippen LogP contribution in [0.1, 0.15) is 46.5 Å². The van der Waals surface area contributed by atoms with Gasteiger partial charge in [0.25, 0.3) is 0 Å². The number of hydrogen-bond donors (Lipinski definition) is 0. The Morgan fingerprint density at radius 3 is 2.52 bits per heavy atom. The van der Waals surface area contributed by atoms with Crippen LogP contribution in [-0.4, -0.2) is 62.4 Å². The van der Waals surface area contributed by atoms with Crippen molar-refractivity contribution >= 4 is 15.9 Å². The summed E-state index contributed by atoms with van der Waals surface area (Å²) in [6, 6.07) is 7.74. The molecule has 1 aromatic rings. The summed E-state index contributed by atoms with van der Waals surface area (Å²) in [4.78, 5) is 14.5. The maximum Gasteiger partial charge on any atom is 0.410 e. The summed E-state index contributed by atoms with van der Waals surface area (Å²) in [5.41, 5.74) is -0.661. The largest absolute Gasteiger partial charge is 0.444 e. The first-order valence-corrected chi connectivity index (χ1v) is 11.7.